The Hall–Kier alpha value is -0.768. The van der Waals surface area contributed by atoms with E-state index < -0.39 is 35.7 Å². The predicted octanol–water partition coefficient (Wildman–Crippen LogP) is 3.29. The second kappa shape index (κ2) is 13.1. The second-order valence-corrected chi connectivity index (χ2v) is 7.53. The van der Waals surface area contributed by atoms with Crippen molar-refractivity contribution in [1.82, 2.24) is 4.98 Å². The van der Waals surface area contributed by atoms with Crippen molar-refractivity contribution in [3.05, 3.63) is 72.4 Å². The summed E-state index contributed by atoms with van der Waals surface area (Å²) in [6.45, 7) is 2.42. The molecule has 3 rings (SSSR count). The minimum atomic E-state index is -4.49. The Bertz CT molecular complexity index is 802. The van der Waals surface area contributed by atoms with Crippen molar-refractivity contribution in [2.45, 2.75) is 41.9 Å². The van der Waals surface area contributed by atoms with E-state index in [1.54, 1.807) is 0 Å². The first-order valence-electron chi connectivity index (χ1n) is 8.85. The third-order valence-corrected chi connectivity index (χ3v) is 5.21. The van der Waals surface area contributed by atoms with Crippen LogP contribution in [0.15, 0.2) is 47.5 Å². The molecule has 4 unspecified atom stereocenters. The number of methoxy groups -OCH3 is 1. The zero-order chi connectivity index (χ0) is 22.3. The first kappa shape index (κ1) is 28.3. The molecule has 6 nitrogen and oxygen atoms in total. The Kier molecular flexibility index (Phi) is 11.9. The summed E-state index contributed by atoms with van der Waals surface area (Å²) in [6.07, 6.45) is -3.66. The number of benzene rings is 1. The molecule has 0 radical (unpaired) electrons. The zero-order valence-electron chi connectivity index (χ0n) is 16.8. The molecule has 4 N–H and O–H groups in total. The van der Waals surface area contributed by atoms with E-state index in [2.05, 4.69) is 4.98 Å². The van der Waals surface area contributed by atoms with Gasteiger partial charge in [-0.3, -0.25) is 11.4 Å². The number of aryl methyl sites for hydroxylation is 1. The number of rotatable bonds is 4. The molecule has 0 bridgehead atoms. The molecule has 31 heavy (non-hydrogen) atoms. The van der Waals surface area contributed by atoms with Crippen LogP contribution in [0.2, 0.25) is 0 Å². The fraction of sp³-hybridized carbons (Fsp3) is 0.350. The summed E-state index contributed by atoms with van der Waals surface area (Å²) in [4.78, 5) is 3.93. The van der Waals surface area contributed by atoms with Crippen LogP contribution in [-0.4, -0.2) is 46.2 Å². The first-order valence-corrected chi connectivity index (χ1v) is 9.73. The van der Waals surface area contributed by atoms with E-state index in [9.17, 15) is 18.3 Å². The van der Waals surface area contributed by atoms with Gasteiger partial charge in [0, 0.05) is 24.5 Å². The molecule has 1 aromatic carbocycles. The number of hydrogen-bond acceptors (Lipinski definition) is 7. The monoisotopic (exact) mass is 682 g/mol. The van der Waals surface area contributed by atoms with E-state index in [-0.39, 0.29) is 36.7 Å². The molecule has 1 aromatic heterocycles. The van der Waals surface area contributed by atoms with Gasteiger partial charge in [0.2, 0.25) is 0 Å². The van der Waals surface area contributed by atoms with E-state index in [1.807, 2.05) is 30.3 Å². The number of alkyl halides is 3. The van der Waals surface area contributed by atoms with Crippen LogP contribution in [-0.2, 0) is 15.7 Å². The number of aliphatic hydroxyl groups is 2. The molecule has 1 fully saturated rings. The second-order valence-electron chi connectivity index (χ2n) is 6.36. The molecule has 1 aliphatic heterocycles. The summed E-state index contributed by atoms with van der Waals surface area (Å²) in [5, 5.41) is 18.0. The Morgan fingerprint density at radius 1 is 1.29 bits per heavy atom. The van der Waals surface area contributed by atoms with Gasteiger partial charge in [0.15, 0.2) is 0 Å². The minimum Gasteiger partial charge on any atom is -0.429 e. The standard InChI is InChI=1S/C13H16F3N2O3S.C7H7O.U/c1-6-3-7(5-18-11(6)13(14,15)16)22-12-10(20-2)8(17)4-9(19)21-12;8-6-7-4-2-1-3-5-7;/h3-5,8-10,12,19H,17H2,1-2H3;1-6,8H;/q2*-1;+2. The van der Waals surface area contributed by atoms with Gasteiger partial charge in [-0.05, 0) is 18.6 Å². The van der Waals surface area contributed by atoms with Crippen LogP contribution >= 0.6 is 11.8 Å². The number of ether oxygens (including phenoxy) is 2. The van der Waals surface area contributed by atoms with Crippen LogP contribution in [0, 0.1) is 51.1 Å². The van der Waals surface area contributed by atoms with Gasteiger partial charge in [-0.2, -0.15) is 30.9 Å². The maximum atomic E-state index is 12.7. The smallest absolute Gasteiger partial charge is 0.429 e. The van der Waals surface area contributed by atoms with E-state index in [0.717, 1.165) is 30.1 Å². The van der Waals surface area contributed by atoms with Crippen molar-refractivity contribution >= 4 is 11.8 Å². The van der Waals surface area contributed by atoms with Crippen LogP contribution in [0.4, 0.5) is 13.2 Å². The summed E-state index contributed by atoms with van der Waals surface area (Å²) in [5.41, 5.74) is 5.11. The number of thioether (sulfide) groups is 1. The van der Waals surface area contributed by atoms with E-state index in [1.165, 1.54) is 26.5 Å². The topological polar surface area (TPSA) is 97.8 Å². The summed E-state index contributed by atoms with van der Waals surface area (Å²) in [7, 11) is 1.45. The van der Waals surface area contributed by atoms with E-state index in [4.69, 9.17) is 20.3 Å². The van der Waals surface area contributed by atoms with Gasteiger partial charge in [-0.1, -0.05) is 30.5 Å². The normalized spacial score (nSPS) is 23.2. The van der Waals surface area contributed by atoms with Crippen molar-refractivity contribution in [2.75, 3.05) is 7.11 Å². The molecule has 0 spiro atoms. The quantitative estimate of drug-likeness (QED) is 0.427. The molecular formula is C20H23F3N2O4SU. The van der Waals surface area contributed by atoms with Crippen LogP contribution < -0.4 is 5.73 Å². The summed E-state index contributed by atoms with van der Waals surface area (Å²) in [6, 6.07) is 10.2. The zero-order valence-corrected chi connectivity index (χ0v) is 21.8. The number of nitrogens with two attached hydrogens (primary N) is 1. The molecule has 4 atom stereocenters. The van der Waals surface area contributed by atoms with Crippen molar-refractivity contribution in [1.29, 1.82) is 0 Å². The van der Waals surface area contributed by atoms with Gasteiger partial charge < -0.3 is 25.4 Å². The van der Waals surface area contributed by atoms with E-state index in [0.29, 0.717) is 4.90 Å². The van der Waals surface area contributed by atoms with Gasteiger partial charge in [0.05, 0.1) is 6.10 Å². The van der Waals surface area contributed by atoms with E-state index >= 15 is 0 Å². The molecule has 168 valence electrons. The molecule has 0 saturated carbocycles. The number of hydrogen-bond donors (Lipinski definition) is 3. The third kappa shape index (κ3) is 8.59. The van der Waals surface area contributed by atoms with Crippen molar-refractivity contribution < 1.29 is 64.0 Å². The third-order valence-electron chi connectivity index (χ3n) is 4.10. The van der Waals surface area contributed by atoms with Gasteiger partial charge in [-0.25, -0.2) is 0 Å². The molecule has 2 heterocycles. The van der Waals surface area contributed by atoms with Crippen LogP contribution in [0.5, 0.6) is 0 Å². The summed E-state index contributed by atoms with van der Waals surface area (Å²) in [5.74, 6) is 0. The SMILES string of the molecule is COC1C(N)[CH-]C(O)OC1Sc1cnc(C(F)(F)F)c(C)c1.O[CH-]c1ccccc1.[U+2]. The Balaban J connectivity index is 0.000000450. The molecule has 11 heteroatoms. The molecule has 0 amide bonds. The predicted molar refractivity (Wildman–Crippen MR) is 106 cm³/mol. The molecule has 1 aliphatic rings. The molecule has 1 saturated heterocycles. The van der Waals surface area contributed by atoms with Crippen LogP contribution in [0.1, 0.15) is 16.8 Å². The number of halogens is 3. The first-order chi connectivity index (χ1) is 14.2. The van der Waals surface area contributed by atoms with Gasteiger partial charge in [0.1, 0.15) is 11.1 Å². The average molecular weight is 683 g/mol. The Morgan fingerprint density at radius 2 is 1.94 bits per heavy atom. The van der Waals surface area contributed by atoms with Crippen molar-refractivity contribution in [3.63, 3.8) is 0 Å². The fourth-order valence-corrected chi connectivity index (χ4v) is 3.91. The van der Waals surface area contributed by atoms with Gasteiger partial charge in [0.25, 0.3) is 0 Å². The number of aliphatic hydroxyl groups excluding tert-OH is 2. The molecular weight excluding hydrogens is 659 g/mol. The maximum Gasteiger partial charge on any atom is 2.00 e. The Morgan fingerprint density at radius 3 is 2.42 bits per heavy atom. The maximum absolute atomic E-state index is 12.7. The number of aromatic nitrogens is 1. The Labute approximate surface area is 207 Å². The van der Waals surface area contributed by atoms with Crippen LogP contribution in [0.25, 0.3) is 0 Å². The molecule has 0 aliphatic carbocycles. The van der Waals surface area contributed by atoms with Gasteiger partial charge in [-0.15, -0.1) is 12.1 Å². The fourth-order valence-electron chi connectivity index (χ4n) is 2.69. The number of nitrogens with zero attached hydrogens (tertiary/aromatic N) is 1. The summed E-state index contributed by atoms with van der Waals surface area (Å²) >= 11 is 1.10. The van der Waals surface area contributed by atoms with Gasteiger partial charge >= 0.3 is 37.3 Å². The summed E-state index contributed by atoms with van der Waals surface area (Å²) < 4.78 is 48.6. The largest absolute Gasteiger partial charge is 2.00 e. The molecule has 2 aromatic rings. The average Bonchev–Trinajstić information content (AvgIpc) is 2.68. The number of pyridine rings is 1. The van der Waals surface area contributed by atoms with Crippen molar-refractivity contribution in [2.24, 2.45) is 5.73 Å². The minimum absolute atomic E-state index is 0. The van der Waals surface area contributed by atoms with Crippen LogP contribution in [0.3, 0.4) is 0 Å². The van der Waals surface area contributed by atoms with Crippen molar-refractivity contribution in [3.8, 4) is 0 Å².